The van der Waals surface area contributed by atoms with Gasteiger partial charge in [0.05, 0.1) is 0 Å². The lowest BCUT2D eigenvalue weighted by atomic mass is 10.1. The molecule has 5 nitrogen and oxygen atoms in total. The minimum absolute atomic E-state index is 0.0833. The van der Waals surface area contributed by atoms with Gasteiger partial charge in [0.1, 0.15) is 0 Å². The highest BCUT2D eigenvalue weighted by molar-refractivity contribution is 5.74. The molecular formula is C10H20N2O3. The van der Waals surface area contributed by atoms with E-state index in [4.69, 9.17) is 5.11 Å². The fourth-order valence-corrected chi connectivity index (χ4v) is 0.866. The molecule has 0 aliphatic rings. The van der Waals surface area contributed by atoms with Crippen LogP contribution in [0.25, 0.3) is 0 Å². The zero-order valence-electron chi connectivity index (χ0n) is 9.54. The maximum atomic E-state index is 11.2. The Morgan fingerprint density at radius 2 is 1.87 bits per heavy atom. The molecule has 2 amide bonds. The standard InChI is InChI=1S/C10H20N2O3/c1-7(2)8(3)12-10(15)11-6-4-5-9(13)14/h7-8H,4-6H2,1-3H3,(H,13,14)(H2,11,12,15). The van der Waals surface area contributed by atoms with Crippen LogP contribution in [0.15, 0.2) is 0 Å². The highest BCUT2D eigenvalue weighted by Gasteiger charge is 2.09. The quantitative estimate of drug-likeness (QED) is 0.584. The molecule has 0 spiro atoms. The average Bonchev–Trinajstić information content (AvgIpc) is 2.12. The molecule has 0 heterocycles. The zero-order chi connectivity index (χ0) is 11.8. The monoisotopic (exact) mass is 216 g/mol. The highest BCUT2D eigenvalue weighted by Crippen LogP contribution is 1.98. The summed E-state index contributed by atoms with van der Waals surface area (Å²) in [6.45, 7) is 6.37. The van der Waals surface area contributed by atoms with E-state index in [2.05, 4.69) is 10.6 Å². The molecule has 88 valence electrons. The molecule has 0 rings (SSSR count). The third kappa shape index (κ3) is 7.78. The predicted octanol–water partition coefficient (Wildman–Crippen LogP) is 1.19. The van der Waals surface area contributed by atoms with Crippen molar-refractivity contribution >= 4 is 12.0 Å². The Labute approximate surface area is 90.2 Å². The van der Waals surface area contributed by atoms with Gasteiger partial charge in [0.2, 0.25) is 0 Å². The van der Waals surface area contributed by atoms with Crippen molar-refractivity contribution in [3.8, 4) is 0 Å². The minimum atomic E-state index is -0.840. The normalized spacial score (nSPS) is 12.3. The van der Waals surface area contributed by atoms with E-state index < -0.39 is 5.97 Å². The highest BCUT2D eigenvalue weighted by atomic mass is 16.4. The maximum absolute atomic E-state index is 11.2. The Morgan fingerprint density at radius 1 is 1.27 bits per heavy atom. The Bertz CT molecular complexity index is 217. The largest absolute Gasteiger partial charge is 0.481 e. The van der Waals surface area contributed by atoms with Crippen molar-refractivity contribution in [2.24, 2.45) is 5.92 Å². The minimum Gasteiger partial charge on any atom is -0.481 e. The molecule has 15 heavy (non-hydrogen) atoms. The van der Waals surface area contributed by atoms with Crippen molar-refractivity contribution < 1.29 is 14.7 Å². The van der Waals surface area contributed by atoms with Gasteiger partial charge in [-0.25, -0.2) is 4.79 Å². The molecule has 0 aromatic heterocycles. The van der Waals surface area contributed by atoms with Gasteiger partial charge in [-0.2, -0.15) is 0 Å². The third-order valence-corrected chi connectivity index (χ3v) is 2.21. The molecule has 1 atom stereocenters. The molecule has 0 fully saturated rings. The van der Waals surface area contributed by atoms with E-state index in [9.17, 15) is 9.59 Å². The summed E-state index contributed by atoms with van der Waals surface area (Å²) < 4.78 is 0. The predicted molar refractivity (Wildman–Crippen MR) is 57.7 cm³/mol. The Hall–Kier alpha value is -1.26. The summed E-state index contributed by atoms with van der Waals surface area (Å²) in [5.41, 5.74) is 0. The first kappa shape index (κ1) is 13.7. The number of carbonyl (C=O) groups excluding carboxylic acids is 1. The van der Waals surface area contributed by atoms with Gasteiger partial charge in [0, 0.05) is 19.0 Å². The van der Waals surface area contributed by atoms with Gasteiger partial charge < -0.3 is 15.7 Å². The van der Waals surface area contributed by atoms with E-state index in [1.165, 1.54) is 0 Å². The van der Waals surface area contributed by atoms with Gasteiger partial charge >= 0.3 is 12.0 Å². The molecule has 0 aliphatic carbocycles. The Balaban J connectivity index is 3.53. The van der Waals surface area contributed by atoms with Crippen molar-refractivity contribution in [3.63, 3.8) is 0 Å². The van der Waals surface area contributed by atoms with Gasteiger partial charge in [-0.3, -0.25) is 4.79 Å². The first-order valence-corrected chi connectivity index (χ1v) is 5.19. The number of amides is 2. The van der Waals surface area contributed by atoms with E-state index in [0.717, 1.165) is 0 Å². The van der Waals surface area contributed by atoms with E-state index in [1.807, 2.05) is 20.8 Å². The van der Waals surface area contributed by atoms with Crippen molar-refractivity contribution in [1.82, 2.24) is 10.6 Å². The Kier molecular flexibility index (Phi) is 6.49. The van der Waals surface area contributed by atoms with E-state index >= 15 is 0 Å². The second kappa shape index (κ2) is 7.09. The number of carboxylic acids is 1. The van der Waals surface area contributed by atoms with E-state index in [-0.39, 0.29) is 18.5 Å². The van der Waals surface area contributed by atoms with Crippen LogP contribution in [0.3, 0.4) is 0 Å². The van der Waals surface area contributed by atoms with Gasteiger partial charge in [0.15, 0.2) is 0 Å². The summed E-state index contributed by atoms with van der Waals surface area (Å²) in [4.78, 5) is 21.4. The van der Waals surface area contributed by atoms with Crippen LogP contribution < -0.4 is 10.6 Å². The zero-order valence-corrected chi connectivity index (χ0v) is 9.54. The van der Waals surface area contributed by atoms with Crippen LogP contribution in [-0.4, -0.2) is 29.7 Å². The van der Waals surface area contributed by atoms with Crippen molar-refractivity contribution in [2.45, 2.75) is 39.7 Å². The first-order chi connectivity index (χ1) is 6.93. The lowest BCUT2D eigenvalue weighted by Gasteiger charge is -2.17. The first-order valence-electron chi connectivity index (χ1n) is 5.19. The molecule has 0 aromatic rings. The molecule has 0 bridgehead atoms. The lowest BCUT2D eigenvalue weighted by molar-refractivity contribution is -0.137. The number of carboxylic acid groups (broad SMARTS) is 1. The fraction of sp³-hybridized carbons (Fsp3) is 0.800. The molecule has 5 heteroatoms. The molecule has 0 saturated heterocycles. The van der Waals surface area contributed by atoms with Crippen molar-refractivity contribution in [3.05, 3.63) is 0 Å². The number of aliphatic carboxylic acids is 1. The lowest BCUT2D eigenvalue weighted by Crippen LogP contribution is -2.43. The number of hydrogen-bond acceptors (Lipinski definition) is 2. The summed E-state index contributed by atoms with van der Waals surface area (Å²) in [6, 6.07) is -0.119. The average molecular weight is 216 g/mol. The summed E-state index contributed by atoms with van der Waals surface area (Å²) >= 11 is 0. The number of hydrogen-bond donors (Lipinski definition) is 3. The number of urea groups is 1. The van der Waals surface area contributed by atoms with E-state index in [0.29, 0.717) is 18.9 Å². The van der Waals surface area contributed by atoms with Crippen LogP contribution in [-0.2, 0) is 4.79 Å². The van der Waals surface area contributed by atoms with Crippen LogP contribution in [0.4, 0.5) is 4.79 Å². The van der Waals surface area contributed by atoms with Crippen LogP contribution in [0.2, 0.25) is 0 Å². The third-order valence-electron chi connectivity index (χ3n) is 2.21. The molecule has 0 radical (unpaired) electrons. The van der Waals surface area contributed by atoms with Crippen LogP contribution >= 0.6 is 0 Å². The molecule has 0 aliphatic heterocycles. The fourth-order valence-electron chi connectivity index (χ4n) is 0.866. The van der Waals surface area contributed by atoms with E-state index in [1.54, 1.807) is 0 Å². The van der Waals surface area contributed by atoms with Crippen molar-refractivity contribution in [2.75, 3.05) is 6.54 Å². The molecule has 1 unspecified atom stereocenters. The second-order valence-corrected chi connectivity index (χ2v) is 3.93. The summed E-state index contributed by atoms with van der Waals surface area (Å²) in [5.74, 6) is -0.456. The summed E-state index contributed by atoms with van der Waals surface area (Å²) in [6.07, 6.45) is 0.541. The smallest absolute Gasteiger partial charge is 0.315 e. The summed E-state index contributed by atoms with van der Waals surface area (Å²) in [5, 5.41) is 13.7. The summed E-state index contributed by atoms with van der Waals surface area (Å²) in [7, 11) is 0. The van der Waals surface area contributed by atoms with Crippen LogP contribution in [0.5, 0.6) is 0 Å². The van der Waals surface area contributed by atoms with Crippen LogP contribution in [0.1, 0.15) is 33.6 Å². The molecule has 3 N–H and O–H groups in total. The van der Waals surface area contributed by atoms with Gasteiger partial charge in [-0.1, -0.05) is 13.8 Å². The molecule has 0 saturated carbocycles. The molecular weight excluding hydrogens is 196 g/mol. The van der Waals surface area contributed by atoms with Gasteiger partial charge in [-0.05, 0) is 19.3 Å². The van der Waals surface area contributed by atoms with Gasteiger partial charge in [0.25, 0.3) is 0 Å². The second-order valence-electron chi connectivity index (χ2n) is 3.93. The molecule has 0 aromatic carbocycles. The van der Waals surface area contributed by atoms with Crippen molar-refractivity contribution in [1.29, 1.82) is 0 Å². The van der Waals surface area contributed by atoms with Crippen LogP contribution in [0, 0.1) is 5.92 Å². The topological polar surface area (TPSA) is 78.4 Å². The van der Waals surface area contributed by atoms with Gasteiger partial charge in [-0.15, -0.1) is 0 Å². The number of carbonyl (C=O) groups is 2. The Morgan fingerprint density at radius 3 is 2.33 bits per heavy atom. The maximum Gasteiger partial charge on any atom is 0.315 e. The number of rotatable bonds is 6. The SMILES string of the molecule is CC(C)C(C)NC(=O)NCCCC(=O)O. The number of nitrogens with one attached hydrogen (secondary N) is 2.